The highest BCUT2D eigenvalue weighted by Gasteiger charge is 2.13. The van der Waals surface area contributed by atoms with Crippen molar-refractivity contribution in [1.29, 1.82) is 0 Å². The maximum Gasteiger partial charge on any atom is 0.214 e. The summed E-state index contributed by atoms with van der Waals surface area (Å²) in [6.45, 7) is 1.92. The number of ketones is 1. The Labute approximate surface area is 143 Å². The molecule has 0 bridgehead atoms. The summed E-state index contributed by atoms with van der Waals surface area (Å²) < 4.78 is 0. The van der Waals surface area contributed by atoms with Crippen LogP contribution in [0.25, 0.3) is 0 Å². The Bertz CT molecular complexity index is 751. The van der Waals surface area contributed by atoms with Crippen LogP contribution in [0.4, 0.5) is 5.69 Å². The van der Waals surface area contributed by atoms with Crippen molar-refractivity contribution in [3.05, 3.63) is 63.6 Å². The Hall–Kier alpha value is -2.37. The van der Waals surface area contributed by atoms with Gasteiger partial charge in [-0.1, -0.05) is 58.2 Å². The summed E-state index contributed by atoms with van der Waals surface area (Å²) in [6.07, 6.45) is 0.960. The molecule has 0 saturated carbocycles. The first-order valence-corrected chi connectivity index (χ1v) is 7.34. The molecule has 0 unspecified atom stereocenters. The number of carbonyl (C=O) groups is 1. The van der Waals surface area contributed by atoms with E-state index in [4.69, 9.17) is 28.4 Å². The molecule has 0 fully saturated rings. The molecule has 0 aliphatic carbocycles. The zero-order chi connectivity index (χ0) is 16.8. The predicted molar refractivity (Wildman–Crippen MR) is 93.3 cm³/mol. The zero-order valence-electron chi connectivity index (χ0n) is 12.1. The first kappa shape index (κ1) is 17.0. The van der Waals surface area contributed by atoms with Gasteiger partial charge in [-0.15, -0.1) is 0 Å². The van der Waals surface area contributed by atoms with E-state index in [1.54, 1.807) is 30.3 Å². The van der Waals surface area contributed by atoms with Crippen LogP contribution in [0.1, 0.15) is 15.9 Å². The molecule has 0 radical (unpaired) electrons. The van der Waals surface area contributed by atoms with Crippen LogP contribution in [0.5, 0.6) is 0 Å². The maximum absolute atomic E-state index is 12.4. The van der Waals surface area contributed by atoms with Gasteiger partial charge in [-0.05, 0) is 25.1 Å². The maximum atomic E-state index is 12.4. The number of nitrogens with zero attached hydrogens (tertiary/aromatic N) is 2. The first-order valence-electron chi connectivity index (χ1n) is 6.58. The molecule has 2 rings (SSSR count). The molecule has 0 aromatic heterocycles. The fraction of sp³-hybridized carbons (Fsp3) is 0.0625. The molecule has 23 heavy (non-hydrogen) atoms. The Morgan fingerprint density at radius 2 is 1.74 bits per heavy atom. The van der Waals surface area contributed by atoms with E-state index in [0.29, 0.717) is 21.3 Å². The van der Waals surface area contributed by atoms with E-state index >= 15 is 0 Å². The van der Waals surface area contributed by atoms with Gasteiger partial charge in [-0.3, -0.25) is 10.2 Å². The van der Waals surface area contributed by atoms with Gasteiger partial charge < -0.3 is 5.21 Å². The van der Waals surface area contributed by atoms with Gasteiger partial charge in [-0.2, -0.15) is 5.10 Å². The van der Waals surface area contributed by atoms with Crippen LogP contribution < -0.4 is 5.43 Å². The Kier molecular flexibility index (Phi) is 5.73. The second-order valence-corrected chi connectivity index (χ2v) is 5.58. The first-order chi connectivity index (χ1) is 11.0. The lowest BCUT2D eigenvalue weighted by molar-refractivity contribution is 0.106. The Balaban J connectivity index is 2.26. The van der Waals surface area contributed by atoms with E-state index in [2.05, 4.69) is 15.7 Å². The number of aryl methyl sites for hydroxylation is 1. The Morgan fingerprint density at radius 1 is 1.13 bits per heavy atom. The molecule has 0 saturated heterocycles. The summed E-state index contributed by atoms with van der Waals surface area (Å²) in [5.74, 6) is -0.386. The lowest BCUT2D eigenvalue weighted by Gasteiger charge is -2.05. The molecule has 2 aromatic rings. The second-order valence-electron chi connectivity index (χ2n) is 4.71. The molecule has 0 spiro atoms. The summed E-state index contributed by atoms with van der Waals surface area (Å²) in [7, 11) is 0. The fourth-order valence-electron chi connectivity index (χ4n) is 1.79. The fourth-order valence-corrected chi connectivity index (χ4v) is 2.31. The lowest BCUT2D eigenvalue weighted by Crippen LogP contribution is -2.17. The van der Waals surface area contributed by atoms with Crippen LogP contribution in [0.3, 0.4) is 0 Å². The second kappa shape index (κ2) is 7.76. The van der Waals surface area contributed by atoms with Crippen molar-refractivity contribution < 1.29 is 10.0 Å². The molecule has 118 valence electrons. The van der Waals surface area contributed by atoms with Crippen LogP contribution in [-0.2, 0) is 0 Å². The largest absolute Gasteiger partial charge is 0.411 e. The highest BCUT2D eigenvalue weighted by molar-refractivity contribution is 6.64. The standard InChI is InChI=1S/C16H13Cl2N3O2/c1-10-2-4-11(5-3-10)16(22)15(9-19-23)21-20-14-7-12(17)6-13(18)8-14/h2-9,20,23H,1H3/b19-9+,21-15-. The number of oxime groups is 1. The Morgan fingerprint density at radius 3 is 2.30 bits per heavy atom. The highest BCUT2D eigenvalue weighted by Crippen LogP contribution is 2.22. The quantitative estimate of drug-likeness (QED) is 0.363. The summed E-state index contributed by atoms with van der Waals surface area (Å²) in [5, 5.41) is 16.4. The number of hydrazone groups is 1. The van der Waals surface area contributed by atoms with E-state index in [1.807, 2.05) is 19.1 Å². The molecular weight excluding hydrogens is 337 g/mol. The van der Waals surface area contributed by atoms with Crippen molar-refractivity contribution in [2.45, 2.75) is 6.92 Å². The number of hydrogen-bond donors (Lipinski definition) is 2. The number of Topliss-reactive ketones (excluding diaryl/α,β-unsaturated/α-hetero) is 1. The van der Waals surface area contributed by atoms with Crippen LogP contribution in [0.2, 0.25) is 10.0 Å². The number of anilines is 1. The van der Waals surface area contributed by atoms with Gasteiger partial charge in [0.25, 0.3) is 0 Å². The smallest absolute Gasteiger partial charge is 0.214 e. The van der Waals surface area contributed by atoms with Gasteiger partial charge in [0, 0.05) is 15.6 Å². The summed E-state index contributed by atoms with van der Waals surface area (Å²) in [5.41, 5.74) is 4.57. The molecular formula is C16H13Cl2N3O2. The minimum atomic E-state index is -0.386. The number of carbonyl (C=O) groups excluding carboxylic acids is 1. The molecule has 2 aromatic carbocycles. The van der Waals surface area contributed by atoms with Crippen molar-refractivity contribution in [3.63, 3.8) is 0 Å². The van der Waals surface area contributed by atoms with Crippen LogP contribution >= 0.6 is 23.2 Å². The average Bonchev–Trinajstić information content (AvgIpc) is 2.50. The van der Waals surface area contributed by atoms with Crippen LogP contribution in [0, 0.1) is 6.92 Å². The van der Waals surface area contributed by atoms with E-state index in [-0.39, 0.29) is 11.5 Å². The number of halogens is 2. The predicted octanol–water partition coefficient (Wildman–Crippen LogP) is 4.41. The van der Waals surface area contributed by atoms with E-state index in [1.165, 1.54) is 0 Å². The number of hydrogen-bond acceptors (Lipinski definition) is 5. The third-order valence-electron chi connectivity index (χ3n) is 2.89. The monoisotopic (exact) mass is 349 g/mol. The van der Waals surface area contributed by atoms with Gasteiger partial charge in [-0.25, -0.2) is 0 Å². The van der Waals surface area contributed by atoms with Crippen molar-refractivity contribution in [2.75, 3.05) is 5.43 Å². The number of benzene rings is 2. The van der Waals surface area contributed by atoms with E-state index < -0.39 is 0 Å². The van der Waals surface area contributed by atoms with Crippen LogP contribution in [-0.4, -0.2) is 22.9 Å². The number of rotatable bonds is 5. The lowest BCUT2D eigenvalue weighted by atomic mass is 10.1. The van der Waals surface area contributed by atoms with Crippen molar-refractivity contribution in [3.8, 4) is 0 Å². The summed E-state index contributed by atoms with van der Waals surface area (Å²) in [6, 6.07) is 11.7. The minimum Gasteiger partial charge on any atom is -0.411 e. The molecule has 7 heteroatoms. The molecule has 2 N–H and O–H groups in total. The van der Waals surface area contributed by atoms with Gasteiger partial charge in [0.1, 0.15) is 0 Å². The minimum absolute atomic E-state index is 0.0625. The van der Waals surface area contributed by atoms with Crippen LogP contribution in [0.15, 0.2) is 52.7 Å². The van der Waals surface area contributed by atoms with Gasteiger partial charge >= 0.3 is 0 Å². The molecule has 0 amide bonds. The third kappa shape index (κ3) is 4.81. The SMILES string of the molecule is Cc1ccc(C(=O)C(/C=N/O)=N\Nc2cc(Cl)cc(Cl)c2)cc1. The third-order valence-corrected chi connectivity index (χ3v) is 3.33. The molecule has 0 aliphatic heterocycles. The topological polar surface area (TPSA) is 74.0 Å². The van der Waals surface area contributed by atoms with Crippen molar-refractivity contribution >= 4 is 46.6 Å². The van der Waals surface area contributed by atoms with E-state index in [0.717, 1.165) is 11.8 Å². The van der Waals surface area contributed by atoms with Crippen molar-refractivity contribution in [2.24, 2.45) is 10.3 Å². The summed E-state index contributed by atoms with van der Waals surface area (Å²) in [4.78, 5) is 12.4. The average molecular weight is 350 g/mol. The summed E-state index contributed by atoms with van der Waals surface area (Å²) >= 11 is 11.8. The van der Waals surface area contributed by atoms with Gasteiger partial charge in [0.05, 0.1) is 11.9 Å². The van der Waals surface area contributed by atoms with Gasteiger partial charge in [0.15, 0.2) is 5.71 Å². The number of nitrogens with one attached hydrogen (secondary N) is 1. The van der Waals surface area contributed by atoms with Gasteiger partial charge in [0.2, 0.25) is 5.78 Å². The normalized spacial score (nSPS) is 11.7. The van der Waals surface area contributed by atoms with Crippen molar-refractivity contribution in [1.82, 2.24) is 0 Å². The molecule has 0 atom stereocenters. The zero-order valence-corrected chi connectivity index (χ0v) is 13.6. The van der Waals surface area contributed by atoms with E-state index in [9.17, 15) is 4.79 Å². The highest BCUT2D eigenvalue weighted by atomic mass is 35.5. The molecule has 0 aliphatic rings. The molecule has 5 nitrogen and oxygen atoms in total. The molecule has 0 heterocycles.